The zero-order valence-electron chi connectivity index (χ0n) is 10.1. The highest BCUT2D eigenvalue weighted by Gasteiger charge is 2.22. The summed E-state index contributed by atoms with van der Waals surface area (Å²) in [7, 11) is 0. The maximum absolute atomic E-state index is 6.04. The van der Waals surface area contributed by atoms with E-state index in [1.807, 2.05) is 11.6 Å². The van der Waals surface area contributed by atoms with Crippen molar-refractivity contribution in [2.75, 3.05) is 36.0 Å². The van der Waals surface area contributed by atoms with Crippen LogP contribution in [0.15, 0.2) is 11.6 Å². The van der Waals surface area contributed by atoms with Crippen molar-refractivity contribution in [1.82, 2.24) is 9.97 Å². The molecule has 1 aliphatic heterocycles. The van der Waals surface area contributed by atoms with Gasteiger partial charge >= 0.3 is 0 Å². The van der Waals surface area contributed by atoms with Crippen molar-refractivity contribution in [2.24, 2.45) is 0 Å². The van der Waals surface area contributed by atoms with Crippen LogP contribution in [-0.4, -0.2) is 36.1 Å². The molecule has 0 N–H and O–H groups in total. The van der Waals surface area contributed by atoms with Gasteiger partial charge in [-0.2, -0.15) is 0 Å². The lowest BCUT2D eigenvalue weighted by Crippen LogP contribution is -2.46. The molecule has 0 aliphatic carbocycles. The van der Waals surface area contributed by atoms with Gasteiger partial charge < -0.3 is 9.80 Å². The highest BCUT2D eigenvalue weighted by atomic mass is 35.5. The number of aromatic nitrogens is 2. The fraction of sp³-hybridized carbons (Fsp3) is 0.455. The van der Waals surface area contributed by atoms with Crippen molar-refractivity contribution < 1.29 is 0 Å². The number of nitrogens with zero attached hydrogens (tertiary/aromatic N) is 4. The third-order valence-electron chi connectivity index (χ3n) is 3.00. The van der Waals surface area contributed by atoms with Crippen LogP contribution in [0.5, 0.6) is 0 Å². The first-order valence-corrected chi connectivity index (χ1v) is 8.49. The summed E-state index contributed by atoms with van der Waals surface area (Å²) in [5.74, 6) is 0.426. The SMILES string of the molecule is ClCc1sc(N2CCN(c3nccs3)CC2)nc1Cl. The fourth-order valence-electron chi connectivity index (χ4n) is 2.00. The van der Waals surface area contributed by atoms with Gasteiger partial charge in [0, 0.05) is 37.8 Å². The van der Waals surface area contributed by atoms with E-state index in [1.54, 1.807) is 22.7 Å². The quantitative estimate of drug-likeness (QED) is 0.806. The monoisotopic (exact) mass is 334 g/mol. The first kappa shape index (κ1) is 13.4. The smallest absolute Gasteiger partial charge is 0.187 e. The molecule has 3 rings (SSSR count). The van der Waals surface area contributed by atoms with Crippen LogP contribution in [-0.2, 0) is 5.88 Å². The van der Waals surface area contributed by atoms with Gasteiger partial charge in [0.25, 0.3) is 0 Å². The molecule has 0 atom stereocenters. The summed E-state index contributed by atoms with van der Waals surface area (Å²) in [5.41, 5.74) is 0. The molecule has 0 saturated carbocycles. The molecule has 0 amide bonds. The third-order valence-corrected chi connectivity index (χ3v) is 5.80. The minimum Gasteiger partial charge on any atom is -0.345 e. The van der Waals surface area contributed by atoms with Crippen LogP contribution in [0.2, 0.25) is 5.15 Å². The number of alkyl halides is 1. The van der Waals surface area contributed by atoms with Gasteiger partial charge in [0.1, 0.15) is 5.15 Å². The summed E-state index contributed by atoms with van der Waals surface area (Å²) in [4.78, 5) is 14.2. The molecule has 102 valence electrons. The summed E-state index contributed by atoms with van der Waals surface area (Å²) in [6.45, 7) is 3.79. The Bertz CT molecular complexity index is 535. The second-order valence-corrected chi connectivity index (χ2v) is 6.69. The molecule has 0 bridgehead atoms. The van der Waals surface area contributed by atoms with Crippen LogP contribution in [0.3, 0.4) is 0 Å². The Morgan fingerprint density at radius 3 is 2.37 bits per heavy atom. The van der Waals surface area contributed by atoms with E-state index >= 15 is 0 Å². The van der Waals surface area contributed by atoms with Gasteiger partial charge in [-0.15, -0.1) is 22.9 Å². The summed E-state index contributed by atoms with van der Waals surface area (Å²) in [5, 5.41) is 4.62. The zero-order chi connectivity index (χ0) is 13.2. The van der Waals surface area contributed by atoms with Crippen molar-refractivity contribution >= 4 is 56.1 Å². The first-order chi connectivity index (χ1) is 9.28. The van der Waals surface area contributed by atoms with Crippen LogP contribution in [0.25, 0.3) is 0 Å². The summed E-state index contributed by atoms with van der Waals surface area (Å²) >= 11 is 15.1. The molecule has 1 saturated heterocycles. The van der Waals surface area contributed by atoms with E-state index in [0.717, 1.165) is 41.3 Å². The van der Waals surface area contributed by atoms with Crippen LogP contribution in [0.4, 0.5) is 10.3 Å². The average Bonchev–Trinajstić information content (AvgIpc) is 3.08. The topological polar surface area (TPSA) is 32.3 Å². The molecule has 0 spiro atoms. The maximum Gasteiger partial charge on any atom is 0.187 e. The molecule has 2 aromatic heterocycles. The van der Waals surface area contributed by atoms with Crippen molar-refractivity contribution in [1.29, 1.82) is 0 Å². The predicted octanol–water partition coefficient (Wildman–Crippen LogP) is 3.32. The summed E-state index contributed by atoms with van der Waals surface area (Å²) in [6.07, 6.45) is 1.85. The minimum absolute atomic E-state index is 0.426. The summed E-state index contributed by atoms with van der Waals surface area (Å²) < 4.78 is 0. The minimum atomic E-state index is 0.426. The molecule has 2 aromatic rings. The lowest BCUT2D eigenvalue weighted by Gasteiger charge is -2.34. The lowest BCUT2D eigenvalue weighted by atomic mass is 10.3. The molecular weight excluding hydrogens is 323 g/mol. The Labute approximate surface area is 129 Å². The Morgan fingerprint density at radius 2 is 1.84 bits per heavy atom. The molecule has 8 heteroatoms. The molecule has 19 heavy (non-hydrogen) atoms. The molecule has 1 aliphatic rings. The molecule has 1 fully saturated rings. The number of anilines is 2. The van der Waals surface area contributed by atoms with E-state index in [9.17, 15) is 0 Å². The molecule has 0 radical (unpaired) electrons. The molecule has 0 aromatic carbocycles. The van der Waals surface area contributed by atoms with Gasteiger partial charge in [0.05, 0.1) is 10.8 Å². The maximum atomic E-state index is 6.04. The number of rotatable bonds is 3. The van der Waals surface area contributed by atoms with E-state index in [-0.39, 0.29) is 0 Å². The van der Waals surface area contributed by atoms with Gasteiger partial charge in [-0.1, -0.05) is 22.9 Å². The number of piperazine rings is 1. The largest absolute Gasteiger partial charge is 0.345 e. The number of hydrogen-bond donors (Lipinski definition) is 0. The van der Waals surface area contributed by atoms with Gasteiger partial charge in [-0.25, -0.2) is 9.97 Å². The van der Waals surface area contributed by atoms with Gasteiger partial charge in [0.15, 0.2) is 10.3 Å². The van der Waals surface area contributed by atoms with E-state index in [0.29, 0.717) is 11.0 Å². The van der Waals surface area contributed by atoms with Crippen LogP contribution in [0.1, 0.15) is 4.88 Å². The Kier molecular flexibility index (Phi) is 4.12. The van der Waals surface area contributed by atoms with Crippen LogP contribution >= 0.6 is 45.9 Å². The average molecular weight is 335 g/mol. The predicted molar refractivity (Wildman–Crippen MR) is 83.2 cm³/mol. The number of hydrogen-bond acceptors (Lipinski definition) is 6. The standard InChI is InChI=1S/C11H12Cl2N4S2/c12-7-8-9(13)15-11(19-8)17-4-2-16(3-5-17)10-14-1-6-18-10/h1,6H,2-5,7H2. The normalized spacial score (nSPS) is 16.1. The second-order valence-electron chi connectivity index (χ2n) is 4.13. The zero-order valence-corrected chi connectivity index (χ0v) is 13.2. The Balaban J connectivity index is 1.66. The Morgan fingerprint density at radius 1 is 1.16 bits per heavy atom. The molecular formula is C11H12Cl2N4S2. The molecule has 4 nitrogen and oxygen atoms in total. The van der Waals surface area contributed by atoms with Gasteiger partial charge in [0.2, 0.25) is 0 Å². The van der Waals surface area contributed by atoms with Crippen molar-refractivity contribution in [3.05, 3.63) is 21.6 Å². The van der Waals surface area contributed by atoms with E-state index in [1.165, 1.54) is 0 Å². The van der Waals surface area contributed by atoms with Gasteiger partial charge in [-0.05, 0) is 0 Å². The lowest BCUT2D eigenvalue weighted by molar-refractivity contribution is 0.650. The first-order valence-electron chi connectivity index (χ1n) is 5.88. The number of thiazole rings is 2. The fourth-order valence-corrected chi connectivity index (χ4v) is 4.22. The highest BCUT2D eigenvalue weighted by molar-refractivity contribution is 7.16. The second kappa shape index (κ2) is 5.83. The Hall–Kier alpha value is -0.560. The molecule has 3 heterocycles. The summed E-state index contributed by atoms with van der Waals surface area (Å²) in [6, 6.07) is 0. The van der Waals surface area contributed by atoms with Crippen molar-refractivity contribution in [3.63, 3.8) is 0 Å². The highest BCUT2D eigenvalue weighted by Crippen LogP contribution is 2.31. The van der Waals surface area contributed by atoms with Crippen molar-refractivity contribution in [3.8, 4) is 0 Å². The van der Waals surface area contributed by atoms with E-state index < -0.39 is 0 Å². The third kappa shape index (κ3) is 2.81. The van der Waals surface area contributed by atoms with Crippen molar-refractivity contribution in [2.45, 2.75) is 5.88 Å². The van der Waals surface area contributed by atoms with Crippen LogP contribution < -0.4 is 9.80 Å². The van der Waals surface area contributed by atoms with Gasteiger partial charge in [-0.3, -0.25) is 0 Å². The number of halogens is 2. The molecule has 0 unspecified atom stereocenters. The van der Waals surface area contributed by atoms with E-state index in [2.05, 4.69) is 19.8 Å². The van der Waals surface area contributed by atoms with Crippen LogP contribution in [0, 0.1) is 0 Å². The van der Waals surface area contributed by atoms with E-state index in [4.69, 9.17) is 23.2 Å².